The molecule has 2 N–H and O–H groups in total. The number of nitrogens with zero attached hydrogens (tertiary/aromatic N) is 4. The first-order chi connectivity index (χ1) is 18.9. The van der Waals surface area contributed by atoms with Crippen LogP contribution < -0.4 is 0 Å². The Labute approximate surface area is 226 Å². The van der Waals surface area contributed by atoms with Crippen molar-refractivity contribution in [3.63, 3.8) is 0 Å². The van der Waals surface area contributed by atoms with Crippen molar-refractivity contribution in [2.75, 3.05) is 20.2 Å². The third kappa shape index (κ3) is 4.63. The highest BCUT2D eigenvalue weighted by Crippen LogP contribution is 2.40. The van der Waals surface area contributed by atoms with Gasteiger partial charge in [0.25, 0.3) is 5.91 Å². The standard InChI is InChI=1S/C30H31N5O4/c1-18-14-32-28-24(18)13-22(15-33-28)21-10-19-6-9-34(29(36)20-5-7-31-23(11-20)17-39-2)16-26(19)25(12-21)27-4-3-8-35(27)30(37)38/h5,7,10-15,27H,3-4,6,8-9,16-17H2,1-2H3,(H,32,33)(H,37,38)/t27-/m0/s1. The lowest BCUT2D eigenvalue weighted by Gasteiger charge is -2.34. The number of methoxy groups -OCH3 is 1. The van der Waals surface area contributed by atoms with E-state index < -0.39 is 6.09 Å². The zero-order valence-corrected chi connectivity index (χ0v) is 22.1. The van der Waals surface area contributed by atoms with Crippen molar-refractivity contribution in [2.24, 2.45) is 0 Å². The van der Waals surface area contributed by atoms with E-state index in [1.54, 1.807) is 25.4 Å². The number of ether oxygens (including phenoxy) is 1. The Hall–Kier alpha value is -4.24. The first-order valence-corrected chi connectivity index (χ1v) is 13.3. The van der Waals surface area contributed by atoms with Gasteiger partial charge in [0, 0.05) is 61.8 Å². The van der Waals surface area contributed by atoms with Crippen molar-refractivity contribution in [1.82, 2.24) is 24.8 Å². The first kappa shape index (κ1) is 25.1. The van der Waals surface area contributed by atoms with E-state index in [-0.39, 0.29) is 11.9 Å². The lowest BCUT2D eigenvalue weighted by molar-refractivity contribution is 0.0732. The minimum atomic E-state index is -0.908. The lowest BCUT2D eigenvalue weighted by Crippen LogP contribution is -2.37. The molecule has 9 heteroatoms. The van der Waals surface area contributed by atoms with E-state index in [9.17, 15) is 14.7 Å². The molecule has 3 aromatic heterocycles. The molecule has 6 rings (SSSR count). The lowest BCUT2D eigenvalue weighted by atomic mass is 9.86. The quantitative estimate of drug-likeness (QED) is 0.375. The molecule has 0 saturated carbocycles. The molecule has 200 valence electrons. The van der Waals surface area contributed by atoms with Crippen LogP contribution in [0.2, 0.25) is 0 Å². The summed E-state index contributed by atoms with van der Waals surface area (Å²) in [4.78, 5) is 41.2. The largest absolute Gasteiger partial charge is 0.465 e. The van der Waals surface area contributed by atoms with Crippen molar-refractivity contribution < 1.29 is 19.4 Å². The van der Waals surface area contributed by atoms with Crippen LogP contribution in [0.1, 0.15) is 57.2 Å². The molecule has 1 saturated heterocycles. The molecule has 1 aromatic carbocycles. The van der Waals surface area contributed by atoms with Crippen LogP contribution in [0.15, 0.2) is 48.9 Å². The predicted molar refractivity (Wildman–Crippen MR) is 146 cm³/mol. The van der Waals surface area contributed by atoms with Crippen molar-refractivity contribution in [1.29, 1.82) is 0 Å². The summed E-state index contributed by atoms with van der Waals surface area (Å²) in [6.45, 7) is 3.92. The molecule has 0 unspecified atom stereocenters. The Morgan fingerprint density at radius 2 is 2.03 bits per heavy atom. The monoisotopic (exact) mass is 525 g/mol. The van der Waals surface area contributed by atoms with E-state index in [4.69, 9.17) is 4.74 Å². The van der Waals surface area contributed by atoms with E-state index in [0.29, 0.717) is 43.9 Å². The molecule has 0 bridgehead atoms. The van der Waals surface area contributed by atoms with Crippen LogP contribution in [-0.4, -0.2) is 62.1 Å². The van der Waals surface area contributed by atoms with E-state index in [1.807, 2.05) is 17.3 Å². The molecule has 1 fully saturated rings. The van der Waals surface area contributed by atoms with Gasteiger partial charge in [0.2, 0.25) is 0 Å². The molecule has 5 heterocycles. The van der Waals surface area contributed by atoms with E-state index >= 15 is 0 Å². The third-order valence-electron chi connectivity index (χ3n) is 7.95. The van der Waals surface area contributed by atoms with Crippen molar-refractivity contribution in [2.45, 2.75) is 45.4 Å². The van der Waals surface area contributed by atoms with Crippen molar-refractivity contribution >= 4 is 23.0 Å². The Morgan fingerprint density at radius 1 is 1.15 bits per heavy atom. The SMILES string of the molecule is COCc1cc(C(=O)N2CCc3cc(-c4cnc5[nH]cc(C)c5c4)cc([C@@H]4CCCN4C(=O)O)c3C2)ccn1. The average Bonchev–Trinajstić information content (AvgIpc) is 3.59. The molecule has 2 aliphatic rings. The van der Waals surface area contributed by atoms with Gasteiger partial charge in [-0.2, -0.15) is 0 Å². The molecule has 0 aliphatic carbocycles. The fraction of sp³-hybridized carbons (Fsp3) is 0.333. The van der Waals surface area contributed by atoms with Gasteiger partial charge in [-0.15, -0.1) is 0 Å². The minimum Gasteiger partial charge on any atom is -0.465 e. The fourth-order valence-corrected chi connectivity index (χ4v) is 5.97. The van der Waals surface area contributed by atoms with E-state index in [1.165, 1.54) is 4.90 Å². The molecule has 0 radical (unpaired) electrons. The zero-order valence-electron chi connectivity index (χ0n) is 22.1. The highest BCUT2D eigenvalue weighted by atomic mass is 16.5. The number of benzene rings is 1. The van der Waals surface area contributed by atoms with Gasteiger partial charge in [0.1, 0.15) is 5.65 Å². The van der Waals surface area contributed by atoms with Gasteiger partial charge in [-0.1, -0.05) is 6.07 Å². The molecular weight excluding hydrogens is 494 g/mol. The maximum atomic E-state index is 13.5. The Kier molecular flexibility index (Phi) is 6.52. The van der Waals surface area contributed by atoms with Gasteiger partial charge in [0.15, 0.2) is 0 Å². The predicted octanol–water partition coefficient (Wildman–Crippen LogP) is 5.09. The van der Waals surface area contributed by atoms with Gasteiger partial charge < -0.3 is 24.6 Å². The average molecular weight is 526 g/mol. The first-order valence-electron chi connectivity index (χ1n) is 13.3. The second-order valence-electron chi connectivity index (χ2n) is 10.4. The maximum absolute atomic E-state index is 13.5. The highest BCUT2D eigenvalue weighted by molar-refractivity contribution is 5.94. The zero-order chi connectivity index (χ0) is 27.1. The molecular formula is C30H31N5O4. The van der Waals surface area contributed by atoms with Gasteiger partial charge in [0.05, 0.1) is 18.3 Å². The number of aromatic amines is 1. The number of fused-ring (bicyclic) bond motifs is 2. The number of carbonyl (C=O) groups excluding carboxylic acids is 1. The number of hydrogen-bond donors (Lipinski definition) is 2. The summed E-state index contributed by atoms with van der Waals surface area (Å²) in [5.74, 6) is -0.0606. The summed E-state index contributed by atoms with van der Waals surface area (Å²) < 4.78 is 5.18. The van der Waals surface area contributed by atoms with Gasteiger partial charge in [-0.05, 0) is 78.3 Å². The molecule has 2 aliphatic heterocycles. The summed E-state index contributed by atoms with van der Waals surface area (Å²) in [6, 6.07) is 9.72. The van der Waals surface area contributed by atoms with Crippen molar-refractivity contribution in [3.8, 4) is 11.1 Å². The second-order valence-corrected chi connectivity index (χ2v) is 10.4. The van der Waals surface area contributed by atoms with E-state index in [0.717, 1.165) is 57.3 Å². The second kappa shape index (κ2) is 10.1. The number of aromatic nitrogens is 3. The van der Waals surface area contributed by atoms with Crippen LogP contribution in [0.3, 0.4) is 0 Å². The molecule has 2 amide bonds. The molecule has 9 nitrogen and oxygen atoms in total. The number of pyridine rings is 2. The summed E-state index contributed by atoms with van der Waals surface area (Å²) in [7, 11) is 1.60. The number of amides is 2. The number of nitrogens with one attached hydrogen (secondary N) is 1. The summed E-state index contributed by atoms with van der Waals surface area (Å²) >= 11 is 0. The van der Waals surface area contributed by atoms with Gasteiger partial charge in [-0.25, -0.2) is 9.78 Å². The Morgan fingerprint density at radius 3 is 2.85 bits per heavy atom. The van der Waals surface area contributed by atoms with Crippen LogP contribution in [0.5, 0.6) is 0 Å². The molecule has 0 spiro atoms. The molecule has 39 heavy (non-hydrogen) atoms. The van der Waals surface area contributed by atoms with Gasteiger partial charge >= 0.3 is 6.09 Å². The number of hydrogen-bond acceptors (Lipinski definition) is 5. The number of H-pyrrole nitrogens is 1. The van der Waals surface area contributed by atoms with Crippen LogP contribution in [-0.2, 0) is 24.3 Å². The smallest absolute Gasteiger partial charge is 0.407 e. The number of aryl methyl sites for hydroxylation is 1. The summed E-state index contributed by atoms with van der Waals surface area (Å²) in [5.41, 5.74) is 8.47. The number of carboxylic acid groups (broad SMARTS) is 1. The summed E-state index contributed by atoms with van der Waals surface area (Å²) in [6.07, 6.45) is 6.81. The summed E-state index contributed by atoms with van der Waals surface area (Å²) in [5, 5.41) is 11.0. The van der Waals surface area contributed by atoms with Gasteiger partial charge in [-0.3, -0.25) is 9.78 Å². The third-order valence-corrected chi connectivity index (χ3v) is 7.95. The van der Waals surface area contributed by atoms with Crippen LogP contribution in [0, 0.1) is 6.92 Å². The Balaban J connectivity index is 1.40. The van der Waals surface area contributed by atoms with Crippen LogP contribution in [0.25, 0.3) is 22.2 Å². The minimum absolute atomic E-state index is 0.0606. The molecule has 4 aromatic rings. The topological polar surface area (TPSA) is 112 Å². The number of rotatable bonds is 5. The number of carbonyl (C=O) groups is 2. The van der Waals surface area contributed by atoms with E-state index in [2.05, 4.69) is 40.1 Å². The molecule has 1 atom stereocenters. The number of likely N-dealkylation sites (tertiary alicyclic amines) is 1. The normalized spacial score (nSPS) is 17.0. The Bertz CT molecular complexity index is 1580. The highest BCUT2D eigenvalue weighted by Gasteiger charge is 2.34. The maximum Gasteiger partial charge on any atom is 0.407 e. The fourth-order valence-electron chi connectivity index (χ4n) is 5.97. The van der Waals surface area contributed by atoms with Crippen LogP contribution in [0.4, 0.5) is 4.79 Å². The van der Waals surface area contributed by atoms with Crippen molar-refractivity contribution in [3.05, 3.63) is 82.4 Å². The van der Waals surface area contributed by atoms with Crippen LogP contribution >= 0.6 is 0 Å².